The van der Waals surface area contributed by atoms with E-state index < -0.39 is 5.60 Å². The molecule has 2 amide bonds. The van der Waals surface area contributed by atoms with Gasteiger partial charge in [-0.1, -0.05) is 6.07 Å². The van der Waals surface area contributed by atoms with E-state index in [1.54, 1.807) is 15.7 Å². The van der Waals surface area contributed by atoms with E-state index in [4.69, 9.17) is 4.74 Å². The lowest BCUT2D eigenvalue weighted by atomic mass is 10.0. The first-order valence-electron chi connectivity index (χ1n) is 7.57. The third kappa shape index (κ3) is 6.54. The molecule has 0 radical (unpaired) electrons. The minimum atomic E-state index is -0.487. The zero-order chi connectivity index (χ0) is 16.9. The number of nitrogens with one attached hydrogen (secondary N) is 1. The van der Waals surface area contributed by atoms with Gasteiger partial charge in [-0.05, 0) is 20.8 Å². The van der Waals surface area contributed by atoms with Gasteiger partial charge in [0.25, 0.3) is 0 Å². The van der Waals surface area contributed by atoms with E-state index >= 15 is 0 Å². The second kappa shape index (κ2) is 8.63. The standard InChI is InChI=1S/C16H22N4O3.ClH/c1-16(2,3)23-15(22)20-10-13(11-20)9-17-18-14(21)12-19-7-5-4-6-8-19;/h4-9,13H,10-12H2,1-3H3;1H/b17-9+;. The molecule has 1 fully saturated rings. The van der Waals surface area contributed by atoms with Crippen molar-refractivity contribution in [3.63, 3.8) is 0 Å². The highest BCUT2D eigenvalue weighted by molar-refractivity contribution is 5.76. The van der Waals surface area contributed by atoms with Crippen LogP contribution in [0.1, 0.15) is 20.8 Å². The number of pyridine rings is 1. The quantitative estimate of drug-likeness (QED) is 0.384. The average Bonchev–Trinajstić information content (AvgIpc) is 2.40. The van der Waals surface area contributed by atoms with Crippen molar-refractivity contribution >= 4 is 18.2 Å². The van der Waals surface area contributed by atoms with Crippen molar-refractivity contribution in [2.75, 3.05) is 13.1 Å². The summed E-state index contributed by atoms with van der Waals surface area (Å²) < 4.78 is 7.03. The molecular weight excluding hydrogens is 332 g/mol. The van der Waals surface area contributed by atoms with Crippen LogP contribution in [-0.2, 0) is 16.1 Å². The molecule has 1 aliphatic heterocycles. The van der Waals surface area contributed by atoms with Gasteiger partial charge in [-0.15, -0.1) is 0 Å². The number of carbonyl (C=O) groups excluding carboxylic acids is 2. The van der Waals surface area contributed by atoms with Crippen LogP contribution in [0.2, 0.25) is 0 Å². The summed E-state index contributed by atoms with van der Waals surface area (Å²) in [5.41, 5.74) is 2.00. The van der Waals surface area contributed by atoms with Gasteiger partial charge in [0.1, 0.15) is 5.60 Å². The molecule has 0 aliphatic carbocycles. The highest BCUT2D eigenvalue weighted by atomic mass is 35.5. The lowest BCUT2D eigenvalue weighted by molar-refractivity contribution is -0.684. The van der Waals surface area contributed by atoms with Crippen LogP contribution in [-0.4, -0.2) is 41.8 Å². The Balaban J connectivity index is 0.00000288. The Bertz CT molecular complexity index is 581. The average molecular weight is 355 g/mol. The second-order valence-electron chi connectivity index (χ2n) is 6.51. The Kier molecular flexibility index (Phi) is 7.16. The van der Waals surface area contributed by atoms with Gasteiger partial charge < -0.3 is 22.0 Å². The number of halogens is 1. The van der Waals surface area contributed by atoms with Crippen molar-refractivity contribution in [2.24, 2.45) is 11.0 Å². The molecule has 0 unspecified atom stereocenters. The van der Waals surface area contributed by atoms with E-state index in [0.29, 0.717) is 13.1 Å². The summed E-state index contributed by atoms with van der Waals surface area (Å²) in [5, 5.41) is 3.94. The van der Waals surface area contributed by atoms with E-state index in [0.717, 1.165) is 0 Å². The van der Waals surface area contributed by atoms with Crippen LogP contribution >= 0.6 is 0 Å². The molecule has 0 bridgehead atoms. The number of carbonyl (C=O) groups is 2. The van der Waals surface area contributed by atoms with Crippen LogP contribution in [0, 0.1) is 5.92 Å². The molecule has 1 N–H and O–H groups in total. The Labute approximate surface area is 148 Å². The highest BCUT2D eigenvalue weighted by Gasteiger charge is 2.32. The maximum absolute atomic E-state index is 11.8. The predicted molar refractivity (Wildman–Crippen MR) is 84.6 cm³/mol. The maximum Gasteiger partial charge on any atom is 0.410 e. The first-order chi connectivity index (χ1) is 10.8. The molecule has 0 aromatic carbocycles. The van der Waals surface area contributed by atoms with Crippen LogP contribution in [0.15, 0.2) is 35.7 Å². The summed E-state index contributed by atoms with van der Waals surface area (Å²) in [6.07, 6.45) is 4.97. The number of amides is 2. The molecule has 132 valence electrons. The molecule has 1 aromatic heterocycles. The van der Waals surface area contributed by atoms with Crippen molar-refractivity contribution in [1.82, 2.24) is 10.3 Å². The number of nitrogens with zero attached hydrogens (tertiary/aromatic N) is 3. The fourth-order valence-corrected chi connectivity index (χ4v) is 2.04. The molecule has 1 aliphatic rings. The maximum atomic E-state index is 11.8. The third-order valence-electron chi connectivity index (χ3n) is 3.14. The Morgan fingerprint density at radius 3 is 2.50 bits per heavy atom. The van der Waals surface area contributed by atoms with E-state index in [9.17, 15) is 9.59 Å². The molecule has 2 heterocycles. The Morgan fingerprint density at radius 1 is 1.29 bits per heavy atom. The largest absolute Gasteiger partial charge is 1.00 e. The van der Waals surface area contributed by atoms with Gasteiger partial charge in [0, 0.05) is 37.4 Å². The normalized spacial score (nSPS) is 14.7. The van der Waals surface area contributed by atoms with E-state index in [2.05, 4.69) is 10.5 Å². The lowest BCUT2D eigenvalue weighted by Crippen LogP contribution is -3.00. The Hall–Kier alpha value is -2.15. The molecule has 2 rings (SSSR count). The molecule has 0 atom stereocenters. The van der Waals surface area contributed by atoms with Crippen molar-refractivity contribution in [2.45, 2.75) is 32.9 Å². The zero-order valence-electron chi connectivity index (χ0n) is 14.1. The number of likely N-dealkylation sites (tertiary alicyclic amines) is 1. The highest BCUT2D eigenvalue weighted by Crippen LogP contribution is 2.17. The van der Waals surface area contributed by atoms with Crippen LogP contribution in [0.5, 0.6) is 0 Å². The number of hydrogen-bond acceptors (Lipinski definition) is 4. The molecular formula is C16H23ClN4O3. The monoisotopic (exact) mass is 354 g/mol. The van der Waals surface area contributed by atoms with Crippen LogP contribution in [0.3, 0.4) is 0 Å². The number of ether oxygens (including phenoxy) is 1. The summed E-state index contributed by atoms with van der Waals surface area (Å²) in [6.45, 7) is 6.84. The number of hydrazone groups is 1. The summed E-state index contributed by atoms with van der Waals surface area (Å²) >= 11 is 0. The predicted octanol–water partition coefficient (Wildman–Crippen LogP) is -2.05. The topological polar surface area (TPSA) is 74.9 Å². The number of aromatic nitrogens is 1. The van der Waals surface area contributed by atoms with Gasteiger partial charge in [0.05, 0.1) is 0 Å². The zero-order valence-corrected chi connectivity index (χ0v) is 14.9. The number of hydrogen-bond donors (Lipinski definition) is 1. The lowest BCUT2D eigenvalue weighted by Gasteiger charge is -2.37. The van der Waals surface area contributed by atoms with Crippen LogP contribution in [0.4, 0.5) is 4.79 Å². The smallest absolute Gasteiger partial charge is 0.410 e. The third-order valence-corrected chi connectivity index (χ3v) is 3.14. The molecule has 8 heteroatoms. The molecule has 0 spiro atoms. The van der Waals surface area contributed by atoms with E-state index in [1.807, 2.05) is 51.4 Å². The van der Waals surface area contributed by atoms with Crippen molar-refractivity contribution in [3.8, 4) is 0 Å². The molecule has 24 heavy (non-hydrogen) atoms. The first kappa shape index (κ1) is 19.9. The Morgan fingerprint density at radius 2 is 1.92 bits per heavy atom. The van der Waals surface area contributed by atoms with Crippen LogP contribution < -0.4 is 22.4 Å². The van der Waals surface area contributed by atoms with Crippen molar-refractivity contribution in [3.05, 3.63) is 30.6 Å². The summed E-state index contributed by atoms with van der Waals surface area (Å²) in [5.74, 6) is -0.0482. The van der Waals surface area contributed by atoms with Gasteiger partial charge in [-0.2, -0.15) is 9.67 Å². The summed E-state index contributed by atoms with van der Waals surface area (Å²) in [6, 6.07) is 5.60. The summed E-state index contributed by atoms with van der Waals surface area (Å²) in [7, 11) is 0. The van der Waals surface area contributed by atoms with Gasteiger partial charge >= 0.3 is 12.0 Å². The molecule has 7 nitrogen and oxygen atoms in total. The molecule has 1 saturated heterocycles. The second-order valence-corrected chi connectivity index (χ2v) is 6.51. The first-order valence-corrected chi connectivity index (χ1v) is 7.57. The van der Waals surface area contributed by atoms with Gasteiger partial charge in [0.2, 0.25) is 6.54 Å². The van der Waals surface area contributed by atoms with Crippen LogP contribution in [0.25, 0.3) is 0 Å². The van der Waals surface area contributed by atoms with E-state index in [-0.39, 0.29) is 36.9 Å². The fourth-order valence-electron chi connectivity index (χ4n) is 2.04. The molecule has 0 saturated carbocycles. The fraction of sp³-hybridized carbons (Fsp3) is 0.500. The van der Waals surface area contributed by atoms with Gasteiger partial charge in [-0.25, -0.2) is 10.2 Å². The van der Waals surface area contributed by atoms with E-state index in [1.165, 1.54) is 0 Å². The van der Waals surface area contributed by atoms with Gasteiger partial charge in [0.15, 0.2) is 12.4 Å². The van der Waals surface area contributed by atoms with Crippen molar-refractivity contribution in [1.29, 1.82) is 0 Å². The summed E-state index contributed by atoms with van der Waals surface area (Å²) in [4.78, 5) is 25.1. The van der Waals surface area contributed by atoms with Gasteiger partial charge in [-0.3, -0.25) is 4.79 Å². The van der Waals surface area contributed by atoms with Crippen molar-refractivity contribution < 1.29 is 31.3 Å². The number of rotatable bonds is 4. The molecule has 1 aromatic rings. The SMILES string of the molecule is CC(C)(C)OC(=O)N1CC(/C=N/NC(=O)C[n+]2ccccc2)C1.[Cl-]. The minimum Gasteiger partial charge on any atom is -1.00 e. The minimum absolute atomic E-state index is 0.